The zero-order chi connectivity index (χ0) is 13.0. The largest absolute Gasteiger partial charge is 0.326 e. The van der Waals surface area contributed by atoms with Gasteiger partial charge in [-0.15, -0.1) is 0 Å². The van der Waals surface area contributed by atoms with Crippen LogP contribution in [0.3, 0.4) is 0 Å². The molecule has 0 radical (unpaired) electrons. The number of carbonyl (C=O) groups excluding carboxylic acids is 1. The van der Waals surface area contributed by atoms with Crippen LogP contribution < -0.4 is 5.32 Å². The van der Waals surface area contributed by atoms with Crippen molar-refractivity contribution in [3.8, 4) is 0 Å². The van der Waals surface area contributed by atoms with E-state index < -0.39 is 0 Å². The van der Waals surface area contributed by atoms with Gasteiger partial charge in [0.2, 0.25) is 5.91 Å². The minimum atomic E-state index is -0.0733. The molecule has 2 rings (SSSR count). The summed E-state index contributed by atoms with van der Waals surface area (Å²) < 4.78 is 1.62. The molecule has 2 aromatic rings. The molecule has 1 amide bonds. The maximum Gasteiger partial charge on any atom is 0.226 e. The lowest BCUT2D eigenvalue weighted by molar-refractivity contribution is -0.116. The predicted molar refractivity (Wildman–Crippen MR) is 69.5 cm³/mol. The summed E-state index contributed by atoms with van der Waals surface area (Å²) in [4.78, 5) is 15.6. The van der Waals surface area contributed by atoms with Crippen LogP contribution in [0.2, 0.25) is 5.02 Å². The predicted octanol–water partition coefficient (Wildman–Crippen LogP) is 2.27. The second-order valence-electron chi connectivity index (χ2n) is 3.87. The van der Waals surface area contributed by atoms with E-state index in [-0.39, 0.29) is 5.91 Å². The number of nitrogens with zero attached hydrogens (tertiary/aromatic N) is 3. The molecule has 0 bridgehead atoms. The third-order valence-electron chi connectivity index (χ3n) is 2.58. The monoisotopic (exact) mass is 264 g/mol. The molecule has 1 N–H and O–H groups in total. The molecule has 1 heterocycles. The Morgan fingerprint density at radius 1 is 1.50 bits per heavy atom. The fourth-order valence-corrected chi connectivity index (χ4v) is 1.69. The van der Waals surface area contributed by atoms with Gasteiger partial charge in [-0.1, -0.05) is 17.7 Å². The molecular formula is C12H13ClN4O. The highest BCUT2D eigenvalue weighted by Crippen LogP contribution is 2.22. The first-order valence-corrected chi connectivity index (χ1v) is 5.92. The number of hydrogen-bond donors (Lipinski definition) is 1. The summed E-state index contributed by atoms with van der Waals surface area (Å²) >= 11 is 5.98. The van der Waals surface area contributed by atoms with E-state index in [4.69, 9.17) is 11.6 Å². The summed E-state index contributed by atoms with van der Waals surface area (Å²) in [5.74, 6) is -0.0733. The number of anilines is 1. The summed E-state index contributed by atoms with van der Waals surface area (Å²) in [6, 6.07) is 5.43. The lowest BCUT2D eigenvalue weighted by Crippen LogP contribution is -2.15. The van der Waals surface area contributed by atoms with Gasteiger partial charge in [0.1, 0.15) is 12.7 Å². The van der Waals surface area contributed by atoms with Crippen LogP contribution in [-0.4, -0.2) is 20.7 Å². The van der Waals surface area contributed by atoms with Gasteiger partial charge >= 0.3 is 0 Å². The van der Waals surface area contributed by atoms with E-state index in [1.807, 2.05) is 19.1 Å². The van der Waals surface area contributed by atoms with E-state index in [2.05, 4.69) is 15.4 Å². The molecule has 0 fully saturated rings. The zero-order valence-corrected chi connectivity index (χ0v) is 10.7. The van der Waals surface area contributed by atoms with E-state index in [1.54, 1.807) is 17.1 Å². The van der Waals surface area contributed by atoms with E-state index in [0.717, 1.165) is 11.3 Å². The van der Waals surface area contributed by atoms with Crippen molar-refractivity contribution in [3.63, 3.8) is 0 Å². The molecule has 0 spiro atoms. The molecule has 0 atom stereocenters. The van der Waals surface area contributed by atoms with E-state index in [9.17, 15) is 4.79 Å². The van der Waals surface area contributed by atoms with Crippen molar-refractivity contribution in [3.05, 3.63) is 41.4 Å². The minimum absolute atomic E-state index is 0.0733. The van der Waals surface area contributed by atoms with E-state index in [1.165, 1.54) is 6.33 Å². The molecule has 0 aliphatic carbocycles. The minimum Gasteiger partial charge on any atom is -0.326 e. The molecule has 0 aliphatic rings. The highest BCUT2D eigenvalue weighted by Gasteiger charge is 2.06. The Bertz CT molecular complexity index is 539. The van der Waals surface area contributed by atoms with Crippen LogP contribution in [0.4, 0.5) is 5.69 Å². The van der Waals surface area contributed by atoms with Crippen molar-refractivity contribution < 1.29 is 4.79 Å². The molecule has 0 aliphatic heterocycles. The van der Waals surface area contributed by atoms with Crippen LogP contribution in [0, 0.1) is 6.92 Å². The van der Waals surface area contributed by atoms with Crippen LogP contribution >= 0.6 is 11.6 Å². The van der Waals surface area contributed by atoms with Crippen LogP contribution in [0.15, 0.2) is 30.9 Å². The smallest absolute Gasteiger partial charge is 0.226 e. The first kappa shape index (κ1) is 12.6. The lowest BCUT2D eigenvalue weighted by Gasteiger charge is -2.09. The number of amides is 1. The number of aryl methyl sites for hydroxylation is 1. The summed E-state index contributed by atoms with van der Waals surface area (Å²) in [5.41, 5.74) is 1.61. The molecule has 5 nitrogen and oxygen atoms in total. The Labute approximate surface area is 110 Å². The maximum absolute atomic E-state index is 11.8. The Hall–Kier alpha value is -1.88. The average molecular weight is 265 g/mol. The number of halogens is 1. The van der Waals surface area contributed by atoms with Crippen molar-refractivity contribution in [1.82, 2.24) is 14.8 Å². The van der Waals surface area contributed by atoms with Crippen LogP contribution in [0.5, 0.6) is 0 Å². The fraction of sp³-hybridized carbons (Fsp3) is 0.250. The zero-order valence-electron chi connectivity index (χ0n) is 9.93. The Balaban J connectivity index is 1.93. The average Bonchev–Trinajstić information content (AvgIpc) is 2.86. The van der Waals surface area contributed by atoms with E-state index in [0.29, 0.717) is 18.0 Å². The van der Waals surface area contributed by atoms with Gasteiger partial charge < -0.3 is 5.32 Å². The molecule has 0 unspecified atom stereocenters. The van der Waals surface area contributed by atoms with Crippen molar-refractivity contribution in [1.29, 1.82) is 0 Å². The first-order chi connectivity index (χ1) is 8.66. The molecule has 6 heteroatoms. The van der Waals surface area contributed by atoms with E-state index >= 15 is 0 Å². The van der Waals surface area contributed by atoms with Gasteiger partial charge in [0.25, 0.3) is 0 Å². The number of carbonyl (C=O) groups is 1. The number of benzene rings is 1. The van der Waals surface area contributed by atoms with Crippen molar-refractivity contribution in [2.75, 3.05) is 5.32 Å². The molecular weight excluding hydrogens is 252 g/mol. The number of aromatic nitrogens is 3. The number of hydrogen-bond acceptors (Lipinski definition) is 3. The topological polar surface area (TPSA) is 59.8 Å². The Morgan fingerprint density at radius 2 is 2.33 bits per heavy atom. The molecule has 0 saturated carbocycles. The number of nitrogens with one attached hydrogen (secondary N) is 1. The highest BCUT2D eigenvalue weighted by molar-refractivity contribution is 6.31. The Morgan fingerprint density at radius 3 is 3.06 bits per heavy atom. The molecule has 18 heavy (non-hydrogen) atoms. The normalized spacial score (nSPS) is 10.3. The Kier molecular flexibility index (Phi) is 3.94. The van der Waals surface area contributed by atoms with Gasteiger partial charge in [-0.05, 0) is 24.6 Å². The second-order valence-corrected chi connectivity index (χ2v) is 4.28. The summed E-state index contributed by atoms with van der Waals surface area (Å²) in [6.07, 6.45) is 3.37. The lowest BCUT2D eigenvalue weighted by atomic mass is 10.2. The molecule has 1 aromatic carbocycles. The van der Waals surface area contributed by atoms with Crippen molar-refractivity contribution in [2.24, 2.45) is 0 Å². The SMILES string of the molecule is Cc1c(Cl)cccc1NC(=O)CCn1cncn1. The van der Waals surface area contributed by atoms with Gasteiger partial charge in [-0.2, -0.15) is 5.10 Å². The van der Waals surface area contributed by atoms with Gasteiger partial charge in [0, 0.05) is 17.1 Å². The summed E-state index contributed by atoms with van der Waals surface area (Å²) in [6.45, 7) is 2.38. The fourth-order valence-electron chi connectivity index (χ4n) is 1.52. The highest BCUT2D eigenvalue weighted by atomic mass is 35.5. The van der Waals surface area contributed by atoms with Crippen molar-refractivity contribution >= 4 is 23.2 Å². The molecule has 0 saturated heterocycles. The summed E-state index contributed by atoms with van der Waals surface area (Å²) in [5, 5.41) is 7.40. The van der Waals surface area contributed by atoms with Crippen LogP contribution in [0.1, 0.15) is 12.0 Å². The van der Waals surface area contributed by atoms with Gasteiger partial charge in [-0.3, -0.25) is 9.48 Å². The van der Waals surface area contributed by atoms with Crippen molar-refractivity contribution in [2.45, 2.75) is 19.9 Å². The van der Waals surface area contributed by atoms with Gasteiger partial charge in [-0.25, -0.2) is 4.98 Å². The van der Waals surface area contributed by atoms with Crippen LogP contribution in [0.25, 0.3) is 0 Å². The summed E-state index contributed by atoms with van der Waals surface area (Å²) in [7, 11) is 0. The molecule has 94 valence electrons. The second kappa shape index (κ2) is 5.64. The third kappa shape index (κ3) is 3.07. The number of rotatable bonds is 4. The first-order valence-electron chi connectivity index (χ1n) is 5.54. The third-order valence-corrected chi connectivity index (χ3v) is 2.99. The molecule has 1 aromatic heterocycles. The standard InChI is InChI=1S/C12H13ClN4O/c1-9-10(13)3-2-4-11(9)16-12(18)5-6-17-8-14-7-15-17/h2-4,7-8H,5-6H2,1H3,(H,16,18). The van der Waals surface area contributed by atoms with Gasteiger partial charge in [0.05, 0.1) is 6.54 Å². The van der Waals surface area contributed by atoms with Crippen LogP contribution in [-0.2, 0) is 11.3 Å². The maximum atomic E-state index is 11.8. The quantitative estimate of drug-likeness (QED) is 0.922. The van der Waals surface area contributed by atoms with Gasteiger partial charge in [0.15, 0.2) is 0 Å².